The lowest BCUT2D eigenvalue weighted by Crippen LogP contribution is -2.14. The van der Waals surface area contributed by atoms with Gasteiger partial charge >= 0.3 is 0 Å². The molecule has 4 rings (SSSR count). The Bertz CT molecular complexity index is 1210. The second-order valence-electron chi connectivity index (χ2n) is 7.09. The van der Waals surface area contributed by atoms with Gasteiger partial charge in [0.05, 0.1) is 17.8 Å². The van der Waals surface area contributed by atoms with Crippen molar-refractivity contribution in [2.75, 3.05) is 5.32 Å². The van der Waals surface area contributed by atoms with Crippen molar-refractivity contribution >= 4 is 23.3 Å². The van der Waals surface area contributed by atoms with Crippen LogP contribution >= 0.6 is 11.6 Å². The molecule has 0 atom stereocenters. The molecule has 8 heteroatoms. The topological polar surface area (TPSA) is 77.6 Å². The SMILES string of the molecule is Cc1c(NC(=O)c2cc(C)n(-c3cccc(Cl)c3)c2C)nnn1Cc1ccncc1. The maximum atomic E-state index is 13.0. The first-order valence-corrected chi connectivity index (χ1v) is 9.87. The van der Waals surface area contributed by atoms with E-state index in [0.717, 1.165) is 28.3 Å². The molecule has 1 N–H and O–H groups in total. The average molecular weight is 421 g/mol. The van der Waals surface area contributed by atoms with Crippen LogP contribution in [0.2, 0.25) is 5.02 Å². The highest BCUT2D eigenvalue weighted by molar-refractivity contribution is 6.30. The smallest absolute Gasteiger partial charge is 0.258 e. The van der Waals surface area contributed by atoms with Crippen molar-refractivity contribution in [2.24, 2.45) is 0 Å². The molecule has 0 unspecified atom stereocenters. The van der Waals surface area contributed by atoms with E-state index in [2.05, 4.69) is 20.6 Å². The third kappa shape index (κ3) is 3.84. The van der Waals surface area contributed by atoms with Crippen molar-refractivity contribution in [2.45, 2.75) is 27.3 Å². The molecule has 0 aliphatic carbocycles. The zero-order valence-electron chi connectivity index (χ0n) is 16.9. The van der Waals surface area contributed by atoms with E-state index in [0.29, 0.717) is 22.9 Å². The van der Waals surface area contributed by atoms with Gasteiger partial charge in [0.25, 0.3) is 5.91 Å². The molecule has 1 amide bonds. The van der Waals surface area contributed by atoms with Gasteiger partial charge in [-0.05, 0) is 62.7 Å². The molecular weight excluding hydrogens is 400 g/mol. The fraction of sp³-hybridized carbons (Fsp3) is 0.182. The first-order chi connectivity index (χ1) is 14.4. The first kappa shape index (κ1) is 19.8. The summed E-state index contributed by atoms with van der Waals surface area (Å²) in [5, 5.41) is 11.9. The Labute approximate surface area is 179 Å². The zero-order valence-corrected chi connectivity index (χ0v) is 17.7. The maximum Gasteiger partial charge on any atom is 0.258 e. The summed E-state index contributed by atoms with van der Waals surface area (Å²) >= 11 is 6.14. The van der Waals surface area contributed by atoms with Crippen molar-refractivity contribution in [3.05, 3.63) is 88.1 Å². The first-order valence-electron chi connectivity index (χ1n) is 9.49. The normalized spacial score (nSPS) is 10.9. The minimum atomic E-state index is -0.226. The van der Waals surface area contributed by atoms with E-state index in [1.165, 1.54) is 0 Å². The fourth-order valence-corrected chi connectivity index (χ4v) is 3.65. The number of rotatable bonds is 5. The molecule has 1 aromatic carbocycles. The van der Waals surface area contributed by atoms with E-state index in [9.17, 15) is 4.79 Å². The molecule has 0 bridgehead atoms. The molecular formula is C22H21ClN6O. The van der Waals surface area contributed by atoms with Gasteiger partial charge in [0, 0.05) is 34.5 Å². The summed E-state index contributed by atoms with van der Waals surface area (Å²) in [4.78, 5) is 17.0. The van der Waals surface area contributed by atoms with Crippen LogP contribution in [0.1, 0.15) is 33.0 Å². The molecule has 0 saturated heterocycles. The van der Waals surface area contributed by atoms with E-state index >= 15 is 0 Å². The van der Waals surface area contributed by atoms with Gasteiger partial charge < -0.3 is 9.88 Å². The summed E-state index contributed by atoms with van der Waals surface area (Å²) in [5.74, 6) is 0.219. The van der Waals surface area contributed by atoms with Crippen molar-refractivity contribution in [3.8, 4) is 5.69 Å². The standard InChI is InChI=1S/C22H21ClN6O/c1-14-11-20(15(2)29(14)19-6-4-5-18(23)12-19)22(30)25-21-16(3)28(27-26-21)13-17-7-9-24-10-8-17/h4-12H,13H2,1-3H3,(H,25,30). The maximum absolute atomic E-state index is 13.0. The molecule has 152 valence electrons. The van der Waals surface area contributed by atoms with E-state index in [-0.39, 0.29) is 5.91 Å². The fourth-order valence-electron chi connectivity index (χ4n) is 3.47. The highest BCUT2D eigenvalue weighted by Gasteiger charge is 2.19. The number of carbonyl (C=O) groups is 1. The molecule has 7 nitrogen and oxygen atoms in total. The van der Waals surface area contributed by atoms with Crippen molar-refractivity contribution in [3.63, 3.8) is 0 Å². The van der Waals surface area contributed by atoms with E-state index < -0.39 is 0 Å². The Kier molecular flexibility index (Phi) is 5.37. The largest absolute Gasteiger partial charge is 0.318 e. The van der Waals surface area contributed by atoms with Gasteiger partial charge in [-0.3, -0.25) is 9.78 Å². The van der Waals surface area contributed by atoms with Gasteiger partial charge in [-0.2, -0.15) is 0 Å². The number of aromatic nitrogens is 5. The summed E-state index contributed by atoms with van der Waals surface area (Å²) in [5.41, 5.74) is 5.10. The van der Waals surface area contributed by atoms with Crippen LogP contribution in [0.4, 0.5) is 5.82 Å². The Morgan fingerprint density at radius 1 is 1.07 bits per heavy atom. The Morgan fingerprint density at radius 2 is 1.83 bits per heavy atom. The number of nitrogens with one attached hydrogen (secondary N) is 1. The van der Waals surface area contributed by atoms with Gasteiger partial charge in [-0.15, -0.1) is 5.10 Å². The van der Waals surface area contributed by atoms with Crippen LogP contribution in [0.15, 0.2) is 54.9 Å². The van der Waals surface area contributed by atoms with E-state index in [1.54, 1.807) is 17.1 Å². The predicted molar refractivity (Wildman–Crippen MR) is 116 cm³/mol. The highest BCUT2D eigenvalue weighted by atomic mass is 35.5. The number of nitrogens with zero attached hydrogens (tertiary/aromatic N) is 5. The van der Waals surface area contributed by atoms with Crippen LogP contribution < -0.4 is 5.32 Å². The van der Waals surface area contributed by atoms with Crippen LogP contribution in [-0.4, -0.2) is 30.5 Å². The van der Waals surface area contributed by atoms with Crippen molar-refractivity contribution < 1.29 is 4.79 Å². The summed E-state index contributed by atoms with van der Waals surface area (Å²) in [6.07, 6.45) is 3.47. The predicted octanol–water partition coefficient (Wildman–Crippen LogP) is 4.34. The minimum Gasteiger partial charge on any atom is -0.318 e. The van der Waals surface area contributed by atoms with Gasteiger partial charge in [0.2, 0.25) is 0 Å². The molecule has 0 fully saturated rings. The van der Waals surface area contributed by atoms with Crippen LogP contribution in [0, 0.1) is 20.8 Å². The lowest BCUT2D eigenvalue weighted by Gasteiger charge is -2.10. The van der Waals surface area contributed by atoms with E-state index in [1.807, 2.05) is 67.8 Å². The summed E-state index contributed by atoms with van der Waals surface area (Å²) in [7, 11) is 0. The number of amides is 1. The van der Waals surface area contributed by atoms with E-state index in [4.69, 9.17) is 11.6 Å². The quantitative estimate of drug-likeness (QED) is 0.521. The number of aryl methyl sites for hydroxylation is 1. The molecule has 0 radical (unpaired) electrons. The average Bonchev–Trinajstić information content (AvgIpc) is 3.22. The number of carbonyl (C=O) groups excluding carboxylic acids is 1. The van der Waals surface area contributed by atoms with Crippen molar-refractivity contribution in [1.82, 2.24) is 24.5 Å². The highest BCUT2D eigenvalue weighted by Crippen LogP contribution is 2.24. The molecule has 0 aliphatic heterocycles. The monoisotopic (exact) mass is 420 g/mol. The molecule has 30 heavy (non-hydrogen) atoms. The summed E-state index contributed by atoms with van der Waals surface area (Å²) < 4.78 is 3.76. The summed E-state index contributed by atoms with van der Waals surface area (Å²) in [6, 6.07) is 13.3. The molecule has 0 spiro atoms. The number of halogens is 1. The minimum absolute atomic E-state index is 0.226. The van der Waals surface area contributed by atoms with Crippen LogP contribution in [0.5, 0.6) is 0 Å². The van der Waals surface area contributed by atoms with Gasteiger partial charge in [0.1, 0.15) is 0 Å². The van der Waals surface area contributed by atoms with Gasteiger partial charge in [0.15, 0.2) is 5.82 Å². The van der Waals surface area contributed by atoms with Crippen LogP contribution in [-0.2, 0) is 6.54 Å². The lowest BCUT2D eigenvalue weighted by atomic mass is 10.2. The van der Waals surface area contributed by atoms with Crippen molar-refractivity contribution in [1.29, 1.82) is 0 Å². The van der Waals surface area contributed by atoms with Gasteiger partial charge in [-0.1, -0.05) is 22.9 Å². The number of hydrogen-bond donors (Lipinski definition) is 1. The van der Waals surface area contributed by atoms with Gasteiger partial charge in [-0.25, -0.2) is 4.68 Å². The Hall–Kier alpha value is -3.45. The molecule has 4 aromatic rings. The molecule has 0 aliphatic rings. The molecule has 3 heterocycles. The molecule has 0 saturated carbocycles. The summed E-state index contributed by atoms with van der Waals surface area (Å²) in [6.45, 7) is 6.31. The second kappa shape index (κ2) is 8.12. The lowest BCUT2D eigenvalue weighted by molar-refractivity contribution is 0.102. The van der Waals surface area contributed by atoms with Crippen LogP contribution in [0.25, 0.3) is 5.69 Å². The zero-order chi connectivity index (χ0) is 21.3. The third-order valence-corrected chi connectivity index (χ3v) is 5.27. The number of hydrogen-bond acceptors (Lipinski definition) is 4. The Morgan fingerprint density at radius 3 is 2.57 bits per heavy atom. The molecule has 3 aromatic heterocycles. The number of pyridine rings is 1. The van der Waals surface area contributed by atoms with Crippen LogP contribution in [0.3, 0.4) is 0 Å². The number of anilines is 1. The number of benzene rings is 1. The second-order valence-corrected chi connectivity index (χ2v) is 7.53. The third-order valence-electron chi connectivity index (χ3n) is 5.04. The Balaban J connectivity index is 1.57.